The second kappa shape index (κ2) is 9.03. The molecule has 0 radical (unpaired) electrons. The molecule has 1 unspecified atom stereocenters. The number of carboxylic acid groups (broad SMARTS) is 1. The molecule has 1 heterocycles. The Morgan fingerprint density at radius 2 is 1.96 bits per heavy atom. The van der Waals surface area contributed by atoms with Crippen molar-refractivity contribution in [2.75, 3.05) is 19.7 Å². The molecule has 0 amide bonds. The zero-order chi connectivity index (χ0) is 20.0. The van der Waals surface area contributed by atoms with Gasteiger partial charge in [-0.05, 0) is 37.0 Å². The van der Waals surface area contributed by atoms with Crippen molar-refractivity contribution in [2.45, 2.75) is 37.9 Å². The molecular weight excluding hydrogens is 363 g/mol. The summed E-state index contributed by atoms with van der Waals surface area (Å²) in [6.07, 6.45) is -2.73. The average molecular weight is 385 g/mol. The van der Waals surface area contributed by atoms with Crippen molar-refractivity contribution in [3.63, 3.8) is 0 Å². The molecule has 1 fully saturated rings. The number of esters is 1. The number of carbonyl (C=O) groups is 2. The number of ether oxygens (including phenoxy) is 1. The van der Waals surface area contributed by atoms with Gasteiger partial charge in [-0.3, -0.25) is 9.69 Å². The van der Waals surface area contributed by atoms with Crippen LogP contribution < -0.4 is 0 Å². The fourth-order valence-electron chi connectivity index (χ4n) is 3.23. The van der Waals surface area contributed by atoms with Gasteiger partial charge in [0.2, 0.25) is 6.30 Å². The number of hydrogen-bond donors (Lipinski definition) is 1. The monoisotopic (exact) mass is 385 g/mol. The van der Waals surface area contributed by atoms with E-state index in [1.165, 1.54) is 12.2 Å². The number of rotatable bonds is 7. The Morgan fingerprint density at radius 1 is 1.30 bits per heavy atom. The van der Waals surface area contributed by atoms with Gasteiger partial charge < -0.3 is 9.84 Å². The number of nitrogens with zero attached hydrogens (tertiary/aromatic N) is 1. The first-order chi connectivity index (χ1) is 12.8. The minimum Gasteiger partial charge on any atom is -0.481 e. The Bertz CT molecular complexity index is 700. The van der Waals surface area contributed by atoms with Crippen LogP contribution in [0.2, 0.25) is 0 Å². The maximum Gasteiger partial charge on any atom is 0.330 e. The van der Waals surface area contributed by atoms with Gasteiger partial charge in [0, 0.05) is 19.2 Å². The van der Waals surface area contributed by atoms with E-state index in [1.54, 1.807) is 31.2 Å². The van der Waals surface area contributed by atoms with Crippen LogP contribution in [0.4, 0.5) is 13.2 Å². The molecular formula is C19H22F3NO4. The Labute approximate surface area is 155 Å². The molecule has 0 aromatic heterocycles. The van der Waals surface area contributed by atoms with Crippen molar-refractivity contribution in [3.05, 3.63) is 41.5 Å². The summed E-state index contributed by atoms with van der Waals surface area (Å²) in [5.41, 5.74) is -0.181. The first-order valence-corrected chi connectivity index (χ1v) is 8.65. The first-order valence-electron chi connectivity index (χ1n) is 8.65. The molecule has 0 spiro atoms. The van der Waals surface area contributed by atoms with Gasteiger partial charge in [-0.2, -0.15) is 0 Å². The van der Waals surface area contributed by atoms with E-state index in [0.29, 0.717) is 11.1 Å². The number of halogens is 3. The smallest absolute Gasteiger partial charge is 0.330 e. The first kappa shape index (κ1) is 21.0. The lowest BCUT2D eigenvalue weighted by atomic mass is 9.72. The molecule has 1 aliphatic heterocycles. The van der Waals surface area contributed by atoms with Gasteiger partial charge in [-0.1, -0.05) is 24.3 Å². The molecule has 5 nitrogen and oxygen atoms in total. The third-order valence-corrected chi connectivity index (χ3v) is 4.76. The van der Waals surface area contributed by atoms with Crippen molar-refractivity contribution in [2.24, 2.45) is 0 Å². The van der Waals surface area contributed by atoms with Crippen molar-refractivity contribution >= 4 is 18.0 Å². The lowest BCUT2D eigenvalue weighted by Gasteiger charge is -2.40. The summed E-state index contributed by atoms with van der Waals surface area (Å²) in [6, 6.07) is 6.65. The third-order valence-electron chi connectivity index (χ3n) is 4.76. The van der Waals surface area contributed by atoms with E-state index in [2.05, 4.69) is 0 Å². The lowest BCUT2D eigenvalue weighted by molar-refractivity contribution is -0.147. The molecule has 1 aliphatic rings. The average Bonchev–Trinajstić information content (AvgIpc) is 2.66. The minimum atomic E-state index is -3.13. The highest BCUT2D eigenvalue weighted by Crippen LogP contribution is 2.37. The topological polar surface area (TPSA) is 66.8 Å². The van der Waals surface area contributed by atoms with Crippen LogP contribution in [0.25, 0.3) is 6.08 Å². The number of alkyl halides is 3. The summed E-state index contributed by atoms with van der Waals surface area (Å²) in [4.78, 5) is 24.4. The van der Waals surface area contributed by atoms with Gasteiger partial charge in [0.15, 0.2) is 0 Å². The number of piperidine rings is 1. The summed E-state index contributed by atoms with van der Waals surface area (Å²) in [7, 11) is 0. The predicted octanol–water partition coefficient (Wildman–Crippen LogP) is 3.24. The third kappa shape index (κ3) is 4.88. The maximum atomic E-state index is 13.5. The number of benzene rings is 1. The molecule has 1 aromatic rings. The Morgan fingerprint density at radius 3 is 2.52 bits per heavy atom. The van der Waals surface area contributed by atoms with Crippen LogP contribution in [0, 0.1) is 0 Å². The van der Waals surface area contributed by atoms with E-state index in [-0.39, 0.29) is 32.5 Å². The van der Waals surface area contributed by atoms with Crippen LogP contribution in [0.5, 0.6) is 0 Å². The summed E-state index contributed by atoms with van der Waals surface area (Å²) >= 11 is 0. The van der Waals surface area contributed by atoms with Crippen LogP contribution in [0.15, 0.2) is 30.3 Å². The SMILES string of the molecule is CCOC(=O)C=Cc1cccc(C2(C(=O)O)CCN(C(F)C(F)F)CC2)c1. The van der Waals surface area contributed by atoms with E-state index in [9.17, 15) is 27.9 Å². The minimum absolute atomic E-state index is 0.0144. The van der Waals surface area contributed by atoms with Gasteiger partial charge in [0.05, 0.1) is 12.0 Å². The number of hydrogen-bond acceptors (Lipinski definition) is 4. The molecule has 148 valence electrons. The zero-order valence-electron chi connectivity index (χ0n) is 14.9. The Balaban J connectivity index is 2.22. The van der Waals surface area contributed by atoms with E-state index >= 15 is 0 Å². The lowest BCUT2D eigenvalue weighted by Crippen LogP contribution is -2.50. The van der Waals surface area contributed by atoms with Gasteiger partial charge in [-0.15, -0.1) is 0 Å². The number of carbonyl (C=O) groups excluding carboxylic acids is 1. The summed E-state index contributed by atoms with van der Waals surface area (Å²) in [6.45, 7) is 1.77. The van der Waals surface area contributed by atoms with Gasteiger partial charge in [0.25, 0.3) is 6.43 Å². The number of aliphatic carboxylic acids is 1. The molecule has 2 rings (SSSR count). The van der Waals surface area contributed by atoms with Crippen molar-refractivity contribution in [1.82, 2.24) is 4.90 Å². The van der Waals surface area contributed by atoms with Crippen LogP contribution in [0.3, 0.4) is 0 Å². The summed E-state index contributed by atoms with van der Waals surface area (Å²) in [5, 5.41) is 9.80. The van der Waals surface area contributed by atoms with Crippen LogP contribution >= 0.6 is 0 Å². The number of carboxylic acids is 1. The van der Waals surface area contributed by atoms with Gasteiger partial charge >= 0.3 is 11.9 Å². The molecule has 0 aliphatic carbocycles. The van der Waals surface area contributed by atoms with Crippen LogP contribution in [0.1, 0.15) is 30.9 Å². The van der Waals surface area contributed by atoms with Crippen molar-refractivity contribution < 1.29 is 32.6 Å². The molecule has 1 atom stereocenters. The molecule has 0 bridgehead atoms. The van der Waals surface area contributed by atoms with Crippen molar-refractivity contribution in [1.29, 1.82) is 0 Å². The van der Waals surface area contributed by atoms with Crippen LogP contribution in [-0.2, 0) is 19.7 Å². The molecule has 1 aromatic carbocycles. The maximum absolute atomic E-state index is 13.5. The largest absolute Gasteiger partial charge is 0.481 e. The summed E-state index contributed by atoms with van der Waals surface area (Å²) in [5.74, 6) is -1.59. The highest BCUT2D eigenvalue weighted by atomic mass is 19.3. The predicted molar refractivity (Wildman–Crippen MR) is 93.1 cm³/mol. The van der Waals surface area contributed by atoms with E-state index < -0.39 is 30.1 Å². The number of likely N-dealkylation sites (tertiary alicyclic amines) is 1. The van der Waals surface area contributed by atoms with Crippen molar-refractivity contribution in [3.8, 4) is 0 Å². The Hall–Kier alpha value is -2.35. The Kier molecular flexibility index (Phi) is 7.01. The van der Waals surface area contributed by atoms with Gasteiger partial charge in [-0.25, -0.2) is 18.0 Å². The molecule has 8 heteroatoms. The second-order valence-corrected chi connectivity index (χ2v) is 6.34. The highest BCUT2D eigenvalue weighted by molar-refractivity contribution is 5.87. The molecule has 1 N–H and O–H groups in total. The molecule has 1 saturated heterocycles. The fraction of sp³-hybridized carbons (Fsp3) is 0.474. The van der Waals surface area contributed by atoms with E-state index in [0.717, 1.165) is 4.90 Å². The van der Waals surface area contributed by atoms with Crippen LogP contribution in [-0.4, -0.2) is 54.4 Å². The quantitative estimate of drug-likeness (QED) is 0.443. The van der Waals surface area contributed by atoms with E-state index in [4.69, 9.17) is 4.74 Å². The highest BCUT2D eigenvalue weighted by Gasteiger charge is 2.45. The molecule has 0 saturated carbocycles. The normalized spacial score (nSPS) is 18.6. The standard InChI is InChI=1S/C19H22F3NO4/c1-2-27-15(24)7-6-13-4-3-5-14(12-13)19(18(25)26)8-10-23(11-9-19)17(22)16(20)21/h3-7,12,16-17H,2,8-11H2,1H3,(H,25,26). The van der Waals surface area contributed by atoms with E-state index in [1.807, 2.05) is 0 Å². The fourth-order valence-corrected chi connectivity index (χ4v) is 3.23. The zero-order valence-corrected chi connectivity index (χ0v) is 14.9. The molecule has 27 heavy (non-hydrogen) atoms. The second-order valence-electron chi connectivity index (χ2n) is 6.34. The summed E-state index contributed by atoms with van der Waals surface area (Å²) < 4.78 is 43.5. The van der Waals surface area contributed by atoms with Gasteiger partial charge in [0.1, 0.15) is 0 Å².